The number of rotatable bonds is 7. The fourth-order valence-electron chi connectivity index (χ4n) is 4.63. The van der Waals surface area contributed by atoms with Gasteiger partial charge in [-0.2, -0.15) is 0 Å². The molecule has 2 aliphatic heterocycles. The number of nitrogens with zero attached hydrogens (tertiary/aromatic N) is 2. The summed E-state index contributed by atoms with van der Waals surface area (Å²) >= 11 is 0. The van der Waals surface area contributed by atoms with Gasteiger partial charge in [-0.15, -0.1) is 0 Å². The highest BCUT2D eigenvalue weighted by Crippen LogP contribution is 2.31. The number of methoxy groups -OCH3 is 1. The number of amides is 1. The third-order valence-corrected chi connectivity index (χ3v) is 6.22. The van der Waals surface area contributed by atoms with E-state index in [1.165, 1.54) is 5.56 Å². The average Bonchev–Trinajstić information content (AvgIpc) is 3.27. The van der Waals surface area contributed by atoms with Gasteiger partial charge in [-0.1, -0.05) is 18.2 Å². The molecule has 4 rings (SSSR count). The molecule has 1 amide bonds. The molecule has 0 unspecified atom stereocenters. The number of carbonyl (C=O) groups excluding carboxylic acids is 1. The van der Waals surface area contributed by atoms with Crippen molar-refractivity contribution >= 4 is 12.0 Å². The number of hydrogen-bond acceptors (Lipinski definition) is 4. The Balaban J connectivity index is 1.31. The highest BCUT2D eigenvalue weighted by molar-refractivity contribution is 5.77. The van der Waals surface area contributed by atoms with Crippen LogP contribution in [0, 0.1) is 5.92 Å². The number of hydrogen-bond donors (Lipinski definition) is 0. The second-order valence-electron chi connectivity index (χ2n) is 8.02. The van der Waals surface area contributed by atoms with Crippen molar-refractivity contribution in [3.8, 4) is 5.75 Å². The van der Waals surface area contributed by atoms with E-state index in [-0.39, 0.29) is 0 Å². The monoisotopic (exact) mass is 394 g/mol. The van der Waals surface area contributed by atoms with E-state index in [9.17, 15) is 4.79 Å². The Labute approximate surface area is 172 Å². The minimum absolute atomic E-state index is 0.325. The average molecular weight is 395 g/mol. The number of piperidine rings is 2. The summed E-state index contributed by atoms with van der Waals surface area (Å²) in [5.74, 6) is 2.67. The van der Waals surface area contributed by atoms with Gasteiger partial charge in [0.1, 0.15) is 11.5 Å². The van der Waals surface area contributed by atoms with E-state index >= 15 is 0 Å². The van der Waals surface area contributed by atoms with Crippen LogP contribution in [0.2, 0.25) is 0 Å². The van der Waals surface area contributed by atoms with Crippen LogP contribution in [0.25, 0.3) is 6.08 Å². The predicted molar refractivity (Wildman–Crippen MR) is 114 cm³/mol. The molecule has 2 saturated heterocycles. The van der Waals surface area contributed by atoms with Crippen LogP contribution in [0.5, 0.6) is 5.75 Å². The first-order valence-electron chi connectivity index (χ1n) is 10.6. The third kappa shape index (κ3) is 4.91. The number of likely N-dealkylation sites (tertiary alicyclic amines) is 2. The summed E-state index contributed by atoms with van der Waals surface area (Å²) in [6.45, 7) is 3.85. The minimum Gasteiger partial charge on any atom is -0.497 e. The van der Waals surface area contributed by atoms with Gasteiger partial charge in [0.2, 0.25) is 5.91 Å². The van der Waals surface area contributed by atoms with Crippen LogP contribution in [0.4, 0.5) is 0 Å². The van der Waals surface area contributed by atoms with E-state index in [1.807, 2.05) is 30.3 Å². The molecule has 1 aromatic heterocycles. The van der Waals surface area contributed by atoms with Gasteiger partial charge in [0.05, 0.1) is 13.4 Å². The predicted octanol–water partition coefficient (Wildman–Crippen LogP) is 3.86. The Bertz CT molecular complexity index is 813. The molecule has 2 aromatic rings. The van der Waals surface area contributed by atoms with Crippen LogP contribution in [-0.4, -0.2) is 55.0 Å². The second-order valence-corrected chi connectivity index (χ2v) is 8.02. The Hall–Kier alpha value is -2.53. The van der Waals surface area contributed by atoms with Crippen LogP contribution in [0.1, 0.15) is 30.6 Å². The number of carbonyl (C=O) groups is 1. The van der Waals surface area contributed by atoms with Crippen molar-refractivity contribution in [2.75, 3.05) is 33.3 Å². The van der Waals surface area contributed by atoms with Crippen molar-refractivity contribution in [2.24, 2.45) is 5.92 Å². The fourth-order valence-corrected chi connectivity index (χ4v) is 4.63. The zero-order chi connectivity index (χ0) is 20.1. The summed E-state index contributed by atoms with van der Waals surface area (Å²) in [6, 6.07) is 12.4. The number of fused-ring (bicyclic) bond motifs is 1. The SMILES string of the molecule is COc1ccc(CCN2C(=O)CC[C@@H]3CN(C/C=C/c4ccco4)CC[C@@H]32)cc1. The number of ether oxygens (including phenoxy) is 1. The quantitative estimate of drug-likeness (QED) is 0.715. The lowest BCUT2D eigenvalue weighted by Crippen LogP contribution is -2.56. The third-order valence-electron chi connectivity index (χ3n) is 6.22. The first kappa shape index (κ1) is 19.8. The van der Waals surface area contributed by atoms with Crippen molar-refractivity contribution in [3.63, 3.8) is 0 Å². The summed E-state index contributed by atoms with van der Waals surface area (Å²) in [5, 5.41) is 0. The molecular weight excluding hydrogens is 364 g/mol. The molecule has 2 fully saturated rings. The number of furan rings is 1. The first-order valence-corrected chi connectivity index (χ1v) is 10.6. The van der Waals surface area contributed by atoms with Crippen molar-refractivity contribution < 1.29 is 13.9 Å². The van der Waals surface area contributed by atoms with E-state index in [2.05, 4.69) is 28.0 Å². The van der Waals surface area contributed by atoms with E-state index < -0.39 is 0 Å². The Morgan fingerprint density at radius 3 is 2.83 bits per heavy atom. The van der Waals surface area contributed by atoms with Gasteiger partial charge in [-0.05, 0) is 61.1 Å². The minimum atomic E-state index is 0.325. The topological polar surface area (TPSA) is 45.9 Å². The zero-order valence-electron chi connectivity index (χ0n) is 17.1. The molecule has 29 heavy (non-hydrogen) atoms. The van der Waals surface area contributed by atoms with Gasteiger partial charge in [0, 0.05) is 38.6 Å². The summed E-state index contributed by atoms with van der Waals surface area (Å²) in [6.07, 6.45) is 9.57. The van der Waals surface area contributed by atoms with Gasteiger partial charge >= 0.3 is 0 Å². The number of benzene rings is 1. The first-order chi connectivity index (χ1) is 14.2. The van der Waals surface area contributed by atoms with E-state index in [0.29, 0.717) is 24.3 Å². The van der Waals surface area contributed by atoms with E-state index in [4.69, 9.17) is 9.15 Å². The van der Waals surface area contributed by atoms with Crippen LogP contribution in [0.3, 0.4) is 0 Å². The molecule has 0 spiro atoms. The highest BCUT2D eigenvalue weighted by Gasteiger charge is 2.38. The Morgan fingerprint density at radius 1 is 1.21 bits per heavy atom. The van der Waals surface area contributed by atoms with Crippen LogP contribution in [-0.2, 0) is 11.2 Å². The molecule has 154 valence electrons. The highest BCUT2D eigenvalue weighted by atomic mass is 16.5. The van der Waals surface area contributed by atoms with Gasteiger partial charge in [0.25, 0.3) is 0 Å². The zero-order valence-corrected chi connectivity index (χ0v) is 17.1. The molecule has 2 aliphatic rings. The van der Waals surface area contributed by atoms with Gasteiger partial charge < -0.3 is 14.1 Å². The van der Waals surface area contributed by atoms with Crippen molar-refractivity contribution in [1.29, 1.82) is 0 Å². The van der Waals surface area contributed by atoms with Crippen molar-refractivity contribution in [3.05, 3.63) is 60.1 Å². The molecule has 5 heteroatoms. The maximum atomic E-state index is 12.6. The van der Waals surface area contributed by atoms with Crippen LogP contribution >= 0.6 is 0 Å². The van der Waals surface area contributed by atoms with E-state index in [0.717, 1.165) is 57.0 Å². The summed E-state index contributed by atoms with van der Waals surface area (Å²) in [4.78, 5) is 17.3. The molecule has 3 heterocycles. The molecule has 1 aromatic carbocycles. The molecule has 5 nitrogen and oxygen atoms in total. The fraction of sp³-hybridized carbons (Fsp3) is 0.458. The molecule has 0 bridgehead atoms. The molecule has 0 radical (unpaired) electrons. The summed E-state index contributed by atoms with van der Waals surface area (Å²) < 4.78 is 10.6. The maximum absolute atomic E-state index is 12.6. The smallest absolute Gasteiger partial charge is 0.222 e. The van der Waals surface area contributed by atoms with Gasteiger partial charge in [-0.3, -0.25) is 9.69 Å². The second kappa shape index (κ2) is 9.31. The van der Waals surface area contributed by atoms with Crippen LogP contribution < -0.4 is 4.74 Å². The van der Waals surface area contributed by atoms with Gasteiger partial charge in [0.15, 0.2) is 0 Å². The Morgan fingerprint density at radius 2 is 2.07 bits per heavy atom. The van der Waals surface area contributed by atoms with Crippen molar-refractivity contribution in [2.45, 2.75) is 31.7 Å². The normalized spacial score (nSPS) is 22.8. The largest absolute Gasteiger partial charge is 0.497 e. The standard InChI is InChI=1S/C24H30N2O3/c1-28-21-9-6-19(7-10-21)12-16-26-23-13-15-25(18-20(23)8-11-24(26)27)14-2-4-22-5-3-17-29-22/h2-7,9-10,17,20,23H,8,11-16,18H2,1H3/b4-2+/t20-,23+/m1/s1. The van der Waals surface area contributed by atoms with Crippen molar-refractivity contribution in [1.82, 2.24) is 9.80 Å². The van der Waals surface area contributed by atoms with Crippen LogP contribution in [0.15, 0.2) is 53.2 Å². The lowest BCUT2D eigenvalue weighted by atomic mass is 9.83. The maximum Gasteiger partial charge on any atom is 0.222 e. The molecule has 0 N–H and O–H groups in total. The lowest BCUT2D eigenvalue weighted by Gasteiger charge is -2.47. The molecular formula is C24H30N2O3. The summed E-state index contributed by atoms with van der Waals surface area (Å²) in [5.41, 5.74) is 1.25. The van der Waals surface area contributed by atoms with Gasteiger partial charge in [-0.25, -0.2) is 0 Å². The summed E-state index contributed by atoms with van der Waals surface area (Å²) in [7, 11) is 1.68. The molecule has 0 aliphatic carbocycles. The van der Waals surface area contributed by atoms with E-state index in [1.54, 1.807) is 13.4 Å². The Kier molecular flexibility index (Phi) is 6.35. The lowest BCUT2D eigenvalue weighted by molar-refractivity contribution is -0.140. The molecule has 0 saturated carbocycles. The molecule has 2 atom stereocenters.